The van der Waals surface area contributed by atoms with Gasteiger partial charge in [-0.05, 0) is 5.92 Å². The summed E-state index contributed by atoms with van der Waals surface area (Å²) in [5, 5.41) is 10.2. The summed E-state index contributed by atoms with van der Waals surface area (Å²) in [7, 11) is 0. The fourth-order valence-electron chi connectivity index (χ4n) is 2.26. The number of nitrogens with one attached hydrogen (secondary N) is 2. The molecule has 0 aromatic carbocycles. The first kappa shape index (κ1) is 14.3. The van der Waals surface area contributed by atoms with Crippen molar-refractivity contribution in [3.8, 4) is 0 Å². The van der Waals surface area contributed by atoms with Crippen molar-refractivity contribution in [3.05, 3.63) is 0 Å². The van der Waals surface area contributed by atoms with Crippen molar-refractivity contribution in [2.45, 2.75) is 26.4 Å². The van der Waals surface area contributed by atoms with Crippen LogP contribution in [0.1, 0.15) is 20.3 Å². The van der Waals surface area contributed by atoms with Crippen LogP contribution in [0.2, 0.25) is 0 Å². The Bertz CT molecular complexity index is 338. The summed E-state index contributed by atoms with van der Waals surface area (Å²) >= 11 is 0. The molecule has 0 aromatic rings. The topological polar surface area (TPSA) is 66.0 Å². The molecule has 0 radical (unpaired) electrons. The molecule has 0 spiro atoms. The molecule has 1 unspecified atom stereocenters. The first-order chi connectivity index (χ1) is 9.16. The minimum absolute atomic E-state index is 0.0467. The molecule has 1 saturated heterocycles. The second-order valence-corrected chi connectivity index (χ2v) is 5.42. The van der Waals surface area contributed by atoms with Gasteiger partial charge in [0.1, 0.15) is 0 Å². The van der Waals surface area contributed by atoms with E-state index in [2.05, 4.69) is 34.5 Å². The summed E-state index contributed by atoms with van der Waals surface area (Å²) in [6.45, 7) is 9.87. The van der Waals surface area contributed by atoms with E-state index in [9.17, 15) is 4.79 Å². The second-order valence-electron chi connectivity index (χ2n) is 5.42. The number of nitrogens with zero attached hydrogens (tertiary/aromatic N) is 2. The van der Waals surface area contributed by atoms with Crippen LogP contribution in [0.3, 0.4) is 0 Å². The Balaban J connectivity index is 1.62. The van der Waals surface area contributed by atoms with Crippen LogP contribution in [0.5, 0.6) is 0 Å². The number of hydrogen-bond acceptors (Lipinski definition) is 5. The van der Waals surface area contributed by atoms with Gasteiger partial charge in [0.25, 0.3) is 5.91 Å². The van der Waals surface area contributed by atoms with Crippen molar-refractivity contribution in [1.82, 2.24) is 15.5 Å². The first-order valence-corrected chi connectivity index (χ1v) is 7.10. The largest absolute Gasteiger partial charge is 0.382 e. The molecule has 2 aliphatic heterocycles. The highest BCUT2D eigenvalue weighted by molar-refractivity contribution is 5.93. The highest BCUT2D eigenvalue weighted by Crippen LogP contribution is 2.15. The van der Waals surface area contributed by atoms with Gasteiger partial charge in [-0.2, -0.15) is 0 Å². The monoisotopic (exact) mass is 268 g/mol. The van der Waals surface area contributed by atoms with E-state index >= 15 is 0 Å². The van der Waals surface area contributed by atoms with Crippen LogP contribution >= 0.6 is 0 Å². The van der Waals surface area contributed by atoms with E-state index in [1.54, 1.807) is 0 Å². The van der Waals surface area contributed by atoms with E-state index in [4.69, 9.17) is 4.84 Å². The third-order valence-electron chi connectivity index (χ3n) is 3.59. The fourth-order valence-corrected chi connectivity index (χ4v) is 2.26. The lowest BCUT2D eigenvalue weighted by atomic mass is 10.0. The maximum Gasteiger partial charge on any atom is 0.264 e. The molecule has 2 heterocycles. The van der Waals surface area contributed by atoms with Gasteiger partial charge in [-0.15, -0.1) is 0 Å². The van der Waals surface area contributed by atoms with E-state index in [0.717, 1.165) is 38.4 Å². The molecule has 1 amide bonds. The van der Waals surface area contributed by atoms with Gasteiger partial charge in [0, 0.05) is 45.7 Å². The Morgan fingerprint density at radius 1 is 1.53 bits per heavy atom. The molecule has 2 N–H and O–H groups in total. The molecular formula is C13H24N4O2. The predicted molar refractivity (Wildman–Crippen MR) is 74.1 cm³/mol. The van der Waals surface area contributed by atoms with Gasteiger partial charge in [0.05, 0.1) is 5.71 Å². The molecule has 0 aliphatic carbocycles. The lowest BCUT2D eigenvalue weighted by Crippen LogP contribution is -2.47. The van der Waals surface area contributed by atoms with Crippen molar-refractivity contribution in [1.29, 1.82) is 0 Å². The molecule has 0 saturated carbocycles. The van der Waals surface area contributed by atoms with Crippen LogP contribution in [0, 0.1) is 5.92 Å². The zero-order chi connectivity index (χ0) is 13.7. The summed E-state index contributed by atoms with van der Waals surface area (Å²) in [4.78, 5) is 19.4. The number of oxime groups is 1. The normalized spacial score (nSPS) is 24.2. The maximum absolute atomic E-state index is 11.9. The molecule has 0 bridgehead atoms. The summed E-state index contributed by atoms with van der Waals surface area (Å²) < 4.78 is 0. The molecule has 108 valence electrons. The van der Waals surface area contributed by atoms with Gasteiger partial charge >= 0.3 is 0 Å². The standard InChI is InChI=1S/C13H24N4O2/c1-10(2)11-9-12(19-16-11)13(18)15-5-8-17-6-3-14-4-7-17/h10,12,14H,3-9H2,1-2H3,(H,15,18). The van der Waals surface area contributed by atoms with Gasteiger partial charge in [-0.3, -0.25) is 9.69 Å². The predicted octanol–water partition coefficient (Wildman–Crippen LogP) is -0.191. The number of hydrogen-bond donors (Lipinski definition) is 2. The minimum Gasteiger partial charge on any atom is -0.382 e. The van der Waals surface area contributed by atoms with Gasteiger partial charge < -0.3 is 15.5 Å². The van der Waals surface area contributed by atoms with Crippen molar-refractivity contribution >= 4 is 11.6 Å². The Morgan fingerprint density at radius 2 is 2.26 bits per heavy atom. The highest BCUT2D eigenvalue weighted by atomic mass is 16.6. The smallest absolute Gasteiger partial charge is 0.264 e. The molecule has 6 heteroatoms. The Kier molecular flexibility index (Phi) is 5.15. The summed E-state index contributed by atoms with van der Waals surface area (Å²) in [5.41, 5.74) is 0.974. The average molecular weight is 268 g/mol. The molecule has 2 rings (SSSR count). The van der Waals surface area contributed by atoms with E-state index in [1.807, 2.05) is 0 Å². The molecule has 2 aliphatic rings. The Morgan fingerprint density at radius 3 is 2.89 bits per heavy atom. The van der Waals surface area contributed by atoms with E-state index in [-0.39, 0.29) is 5.91 Å². The third-order valence-corrected chi connectivity index (χ3v) is 3.59. The number of amides is 1. The number of carbonyl (C=O) groups excluding carboxylic acids is 1. The summed E-state index contributed by atoms with van der Waals surface area (Å²) in [6, 6.07) is 0. The lowest BCUT2D eigenvalue weighted by Gasteiger charge is -2.27. The summed E-state index contributed by atoms with van der Waals surface area (Å²) in [5.74, 6) is 0.299. The number of piperazine rings is 1. The third kappa shape index (κ3) is 4.18. The summed E-state index contributed by atoms with van der Waals surface area (Å²) in [6.07, 6.45) is 0.192. The molecule has 1 fully saturated rings. The Hall–Kier alpha value is -1.14. The van der Waals surface area contributed by atoms with Crippen LogP contribution in [0.25, 0.3) is 0 Å². The zero-order valence-corrected chi connectivity index (χ0v) is 11.8. The van der Waals surface area contributed by atoms with Crippen molar-refractivity contribution in [2.75, 3.05) is 39.3 Å². The van der Waals surface area contributed by atoms with Crippen LogP contribution in [-0.2, 0) is 9.63 Å². The van der Waals surface area contributed by atoms with Crippen molar-refractivity contribution in [2.24, 2.45) is 11.1 Å². The lowest BCUT2D eigenvalue weighted by molar-refractivity contribution is -0.131. The van der Waals surface area contributed by atoms with Crippen molar-refractivity contribution in [3.63, 3.8) is 0 Å². The van der Waals surface area contributed by atoms with Crippen LogP contribution in [0.4, 0.5) is 0 Å². The molecular weight excluding hydrogens is 244 g/mol. The molecule has 6 nitrogen and oxygen atoms in total. The molecule has 0 aromatic heterocycles. The number of carbonyl (C=O) groups is 1. The van der Waals surface area contributed by atoms with Gasteiger partial charge in [0.2, 0.25) is 6.10 Å². The minimum atomic E-state index is -0.430. The SMILES string of the molecule is CC(C)C1=NOC(C(=O)NCCN2CCNCC2)C1. The fraction of sp³-hybridized carbons (Fsp3) is 0.846. The van der Waals surface area contributed by atoms with Crippen LogP contribution in [0.15, 0.2) is 5.16 Å². The van der Waals surface area contributed by atoms with E-state index < -0.39 is 6.10 Å². The highest BCUT2D eigenvalue weighted by Gasteiger charge is 2.29. The molecule has 19 heavy (non-hydrogen) atoms. The first-order valence-electron chi connectivity index (χ1n) is 7.10. The van der Waals surface area contributed by atoms with E-state index in [1.165, 1.54) is 0 Å². The Labute approximate surface area is 114 Å². The number of rotatable bonds is 5. The quantitative estimate of drug-likeness (QED) is 0.725. The van der Waals surface area contributed by atoms with Crippen LogP contribution in [-0.4, -0.2) is 61.9 Å². The molecule has 1 atom stereocenters. The zero-order valence-electron chi connectivity index (χ0n) is 11.8. The second kappa shape index (κ2) is 6.86. The average Bonchev–Trinajstić information content (AvgIpc) is 2.89. The van der Waals surface area contributed by atoms with Gasteiger partial charge in [0.15, 0.2) is 0 Å². The van der Waals surface area contributed by atoms with Gasteiger partial charge in [-0.25, -0.2) is 0 Å². The van der Waals surface area contributed by atoms with Crippen molar-refractivity contribution < 1.29 is 9.63 Å². The maximum atomic E-state index is 11.9. The van der Waals surface area contributed by atoms with Gasteiger partial charge in [-0.1, -0.05) is 19.0 Å². The van der Waals surface area contributed by atoms with Crippen LogP contribution < -0.4 is 10.6 Å². The van der Waals surface area contributed by atoms with E-state index in [0.29, 0.717) is 18.9 Å².